The van der Waals surface area contributed by atoms with Crippen LogP contribution >= 0.6 is 11.3 Å². The molecule has 0 aliphatic heterocycles. The van der Waals surface area contributed by atoms with Gasteiger partial charge in [0, 0.05) is 6.54 Å². The smallest absolute Gasteiger partial charge is 0.437 e. The fraction of sp³-hybridized carbons (Fsp3) is 0.235. The molecule has 0 saturated carbocycles. The van der Waals surface area contributed by atoms with Gasteiger partial charge in [0.1, 0.15) is 12.3 Å². The van der Waals surface area contributed by atoms with Crippen LogP contribution in [0.1, 0.15) is 5.56 Å². The lowest BCUT2D eigenvalue weighted by atomic mass is 10.1. The van der Waals surface area contributed by atoms with Crippen LogP contribution in [0.2, 0.25) is 0 Å². The summed E-state index contributed by atoms with van der Waals surface area (Å²) in [6.07, 6.45) is 0.629. The second-order valence-electron chi connectivity index (χ2n) is 5.22. The van der Waals surface area contributed by atoms with Gasteiger partial charge in [0.25, 0.3) is 5.89 Å². The van der Waals surface area contributed by atoms with E-state index in [1.165, 1.54) is 11.3 Å². The molecular weight excluding hydrogens is 342 g/mol. The van der Waals surface area contributed by atoms with Crippen molar-refractivity contribution in [1.82, 2.24) is 15.1 Å². The van der Waals surface area contributed by atoms with Gasteiger partial charge in [-0.25, -0.2) is 4.79 Å². The normalized spacial score (nSPS) is 10.6. The number of nitrogens with one attached hydrogen (secondary N) is 1. The Labute approximate surface area is 147 Å². The van der Waals surface area contributed by atoms with Gasteiger partial charge in [-0.2, -0.15) is 4.68 Å². The molecule has 1 amide bonds. The topological polar surface area (TPSA) is 86.4 Å². The summed E-state index contributed by atoms with van der Waals surface area (Å²) in [5, 5.41) is 8.68. The fourth-order valence-electron chi connectivity index (χ4n) is 2.34. The summed E-state index contributed by atoms with van der Waals surface area (Å²) >= 11 is 1.41. The zero-order valence-corrected chi connectivity index (χ0v) is 14.4. The number of nitrogens with zero attached hydrogens (tertiary/aromatic N) is 2. The average Bonchev–Trinajstić information content (AvgIpc) is 3.26. The minimum Gasteiger partial charge on any atom is -0.496 e. The largest absolute Gasteiger partial charge is 0.496 e. The first-order valence-corrected chi connectivity index (χ1v) is 8.56. The van der Waals surface area contributed by atoms with Gasteiger partial charge in [0.15, 0.2) is 0 Å². The lowest BCUT2D eigenvalue weighted by molar-refractivity contribution is -0.121. The molecule has 7 nitrogen and oxygen atoms in total. The van der Waals surface area contributed by atoms with E-state index in [4.69, 9.17) is 9.15 Å². The lowest BCUT2D eigenvalue weighted by Crippen LogP contribution is -2.32. The van der Waals surface area contributed by atoms with E-state index in [1.54, 1.807) is 13.2 Å². The summed E-state index contributed by atoms with van der Waals surface area (Å²) < 4.78 is 11.4. The van der Waals surface area contributed by atoms with Gasteiger partial charge in [-0.15, -0.1) is 16.4 Å². The molecule has 3 rings (SSSR count). The van der Waals surface area contributed by atoms with E-state index in [0.717, 1.165) is 20.9 Å². The van der Waals surface area contributed by atoms with Crippen LogP contribution in [0.25, 0.3) is 10.8 Å². The maximum absolute atomic E-state index is 12.0. The molecule has 1 N–H and O–H groups in total. The Morgan fingerprint density at radius 2 is 2.16 bits per heavy atom. The minimum atomic E-state index is -0.650. The molecule has 0 aliphatic carbocycles. The first kappa shape index (κ1) is 17.0. The van der Waals surface area contributed by atoms with E-state index in [0.29, 0.717) is 13.0 Å². The highest BCUT2D eigenvalue weighted by molar-refractivity contribution is 7.13. The summed E-state index contributed by atoms with van der Waals surface area (Å²) in [7, 11) is 1.61. The summed E-state index contributed by atoms with van der Waals surface area (Å²) in [5.41, 5.74) is 1.00. The lowest BCUT2D eigenvalue weighted by Gasteiger charge is -2.08. The highest BCUT2D eigenvalue weighted by Crippen LogP contribution is 2.21. The van der Waals surface area contributed by atoms with Crippen molar-refractivity contribution in [2.24, 2.45) is 0 Å². The number of thiophene rings is 1. The van der Waals surface area contributed by atoms with Gasteiger partial charge in [0.05, 0.1) is 12.0 Å². The number of hydrogen-bond acceptors (Lipinski definition) is 6. The number of hydrogen-bond donors (Lipinski definition) is 1. The highest BCUT2D eigenvalue weighted by Gasteiger charge is 2.13. The standard InChI is InChI=1S/C17H17N3O4S/c1-23-13-6-3-2-5-12(13)8-9-18-15(21)11-20-17(22)24-16(19-20)14-7-4-10-25-14/h2-7,10H,8-9,11H2,1H3,(H,18,21). The molecule has 25 heavy (non-hydrogen) atoms. The van der Waals surface area contributed by atoms with Gasteiger partial charge in [0.2, 0.25) is 5.91 Å². The molecule has 0 aliphatic rings. The first-order valence-electron chi connectivity index (χ1n) is 7.68. The van der Waals surface area contributed by atoms with Gasteiger partial charge >= 0.3 is 5.76 Å². The van der Waals surface area contributed by atoms with Gasteiger partial charge in [-0.05, 0) is 29.5 Å². The number of carbonyl (C=O) groups excluding carboxylic acids is 1. The number of methoxy groups -OCH3 is 1. The van der Waals surface area contributed by atoms with Gasteiger partial charge in [-0.1, -0.05) is 24.3 Å². The SMILES string of the molecule is COc1ccccc1CCNC(=O)Cn1nc(-c2cccs2)oc1=O. The zero-order valence-electron chi connectivity index (χ0n) is 13.6. The number of carbonyl (C=O) groups is 1. The maximum atomic E-state index is 12.0. The van der Waals surface area contributed by atoms with Crippen LogP contribution in [0.4, 0.5) is 0 Å². The molecule has 2 heterocycles. The third-order valence-corrected chi connectivity index (χ3v) is 4.40. The van der Waals surface area contributed by atoms with E-state index in [9.17, 15) is 9.59 Å². The molecule has 2 aromatic heterocycles. The van der Waals surface area contributed by atoms with E-state index in [-0.39, 0.29) is 18.3 Å². The molecule has 0 spiro atoms. The van der Waals surface area contributed by atoms with E-state index < -0.39 is 5.76 Å². The number of amides is 1. The Balaban J connectivity index is 1.55. The molecule has 0 fully saturated rings. The Hall–Kier alpha value is -2.87. The third-order valence-electron chi connectivity index (χ3n) is 3.54. The number of ether oxygens (including phenoxy) is 1. The van der Waals surface area contributed by atoms with E-state index in [2.05, 4.69) is 10.4 Å². The Morgan fingerprint density at radius 3 is 2.92 bits per heavy atom. The fourth-order valence-corrected chi connectivity index (χ4v) is 2.99. The van der Waals surface area contributed by atoms with Crippen molar-refractivity contribution in [3.8, 4) is 16.5 Å². The van der Waals surface area contributed by atoms with Crippen molar-refractivity contribution < 1.29 is 13.9 Å². The predicted molar refractivity (Wildman–Crippen MR) is 93.8 cm³/mol. The Bertz CT molecular complexity index is 899. The molecular formula is C17H17N3O4S. The summed E-state index contributed by atoms with van der Waals surface area (Å²) in [5.74, 6) is 0.0539. The first-order chi connectivity index (χ1) is 12.2. The molecule has 0 saturated heterocycles. The summed E-state index contributed by atoms with van der Waals surface area (Å²) in [4.78, 5) is 24.6. The molecule has 3 aromatic rings. The molecule has 0 radical (unpaired) electrons. The second kappa shape index (κ2) is 7.80. The molecule has 0 atom stereocenters. The van der Waals surface area contributed by atoms with Crippen molar-refractivity contribution in [2.75, 3.05) is 13.7 Å². The zero-order chi connectivity index (χ0) is 17.6. The van der Waals surface area contributed by atoms with Crippen molar-refractivity contribution in [3.63, 3.8) is 0 Å². The van der Waals surface area contributed by atoms with E-state index in [1.807, 2.05) is 35.7 Å². The Kier molecular flexibility index (Phi) is 5.30. The summed E-state index contributed by atoms with van der Waals surface area (Å²) in [6, 6.07) is 11.3. The number of rotatable bonds is 7. The summed E-state index contributed by atoms with van der Waals surface area (Å²) in [6.45, 7) is 0.253. The predicted octanol–water partition coefficient (Wildman–Crippen LogP) is 1.93. The van der Waals surface area contributed by atoms with Crippen LogP contribution in [-0.4, -0.2) is 29.3 Å². The monoisotopic (exact) mass is 359 g/mol. The van der Waals surface area contributed by atoms with Crippen LogP contribution in [0.5, 0.6) is 5.75 Å². The Morgan fingerprint density at radius 1 is 1.32 bits per heavy atom. The molecule has 130 valence electrons. The van der Waals surface area contributed by atoms with Gasteiger partial charge in [-0.3, -0.25) is 4.79 Å². The van der Waals surface area contributed by atoms with Crippen molar-refractivity contribution in [1.29, 1.82) is 0 Å². The third kappa shape index (κ3) is 4.16. The van der Waals surface area contributed by atoms with Crippen molar-refractivity contribution in [3.05, 3.63) is 57.9 Å². The molecule has 8 heteroatoms. The quantitative estimate of drug-likeness (QED) is 0.697. The minimum absolute atomic E-state index is 0.181. The van der Waals surface area contributed by atoms with Crippen LogP contribution in [0.3, 0.4) is 0 Å². The van der Waals surface area contributed by atoms with Crippen LogP contribution in [-0.2, 0) is 17.8 Å². The number of benzene rings is 1. The number of aromatic nitrogens is 2. The van der Waals surface area contributed by atoms with Crippen LogP contribution in [0.15, 0.2) is 51.0 Å². The van der Waals surface area contributed by atoms with E-state index >= 15 is 0 Å². The van der Waals surface area contributed by atoms with Gasteiger partial charge < -0.3 is 14.5 Å². The highest BCUT2D eigenvalue weighted by atomic mass is 32.1. The number of para-hydroxylation sites is 1. The maximum Gasteiger partial charge on any atom is 0.437 e. The molecule has 0 unspecified atom stereocenters. The second-order valence-corrected chi connectivity index (χ2v) is 6.17. The van der Waals surface area contributed by atoms with Crippen LogP contribution in [0, 0.1) is 0 Å². The average molecular weight is 359 g/mol. The molecule has 0 bridgehead atoms. The van der Waals surface area contributed by atoms with Crippen molar-refractivity contribution in [2.45, 2.75) is 13.0 Å². The molecule has 1 aromatic carbocycles. The van der Waals surface area contributed by atoms with Crippen LogP contribution < -0.4 is 15.8 Å². The van der Waals surface area contributed by atoms with Crippen molar-refractivity contribution >= 4 is 17.2 Å².